The molecule has 0 N–H and O–H groups in total. The SMILES string of the molecule is C=CN(/C=C\C)CCC(=O)OCCOC(=O)C(=C)C. The normalized spacial score (nSPS) is 10.0. The Balaban J connectivity index is 3.73. The van der Waals surface area contributed by atoms with Crippen LogP contribution in [0.4, 0.5) is 0 Å². The molecule has 0 atom stereocenters. The van der Waals surface area contributed by atoms with Crippen LogP contribution in [0, 0.1) is 0 Å². The summed E-state index contributed by atoms with van der Waals surface area (Å²) in [4.78, 5) is 24.2. The van der Waals surface area contributed by atoms with E-state index < -0.39 is 5.97 Å². The Morgan fingerprint density at radius 2 is 1.89 bits per heavy atom. The van der Waals surface area contributed by atoms with Crippen molar-refractivity contribution in [3.8, 4) is 0 Å². The highest BCUT2D eigenvalue weighted by atomic mass is 16.6. The highest BCUT2D eigenvalue weighted by Crippen LogP contribution is 1.96. The van der Waals surface area contributed by atoms with Gasteiger partial charge in [0.05, 0.1) is 6.42 Å². The minimum atomic E-state index is -0.484. The van der Waals surface area contributed by atoms with E-state index >= 15 is 0 Å². The van der Waals surface area contributed by atoms with Gasteiger partial charge in [0.15, 0.2) is 0 Å². The van der Waals surface area contributed by atoms with Gasteiger partial charge in [-0.25, -0.2) is 4.79 Å². The zero-order chi connectivity index (χ0) is 14.7. The predicted molar refractivity (Wildman–Crippen MR) is 73.1 cm³/mol. The van der Waals surface area contributed by atoms with Gasteiger partial charge in [-0.2, -0.15) is 0 Å². The maximum Gasteiger partial charge on any atom is 0.333 e. The van der Waals surface area contributed by atoms with Gasteiger partial charge < -0.3 is 14.4 Å². The highest BCUT2D eigenvalue weighted by molar-refractivity contribution is 5.86. The first-order chi connectivity index (χ1) is 9.01. The summed E-state index contributed by atoms with van der Waals surface area (Å²) in [6, 6.07) is 0. The second kappa shape index (κ2) is 9.94. The van der Waals surface area contributed by atoms with Gasteiger partial charge >= 0.3 is 11.9 Å². The number of allylic oxidation sites excluding steroid dienone is 1. The predicted octanol–water partition coefficient (Wildman–Crippen LogP) is 2.02. The molecule has 0 aromatic heterocycles. The van der Waals surface area contributed by atoms with E-state index in [0.29, 0.717) is 12.1 Å². The van der Waals surface area contributed by atoms with E-state index in [4.69, 9.17) is 9.47 Å². The molecule has 0 aliphatic rings. The zero-order valence-corrected chi connectivity index (χ0v) is 11.6. The molecule has 0 fully saturated rings. The molecule has 0 rings (SSSR count). The summed E-state index contributed by atoms with van der Waals surface area (Å²) in [5, 5.41) is 0. The van der Waals surface area contributed by atoms with E-state index in [1.54, 1.807) is 18.0 Å². The van der Waals surface area contributed by atoms with Gasteiger partial charge in [0.25, 0.3) is 0 Å². The van der Waals surface area contributed by atoms with Crippen molar-refractivity contribution in [3.63, 3.8) is 0 Å². The summed E-state index contributed by atoms with van der Waals surface area (Å²) in [7, 11) is 0. The Morgan fingerprint density at radius 1 is 1.26 bits per heavy atom. The van der Waals surface area contributed by atoms with Crippen LogP contribution in [-0.2, 0) is 19.1 Å². The van der Waals surface area contributed by atoms with Crippen molar-refractivity contribution in [1.29, 1.82) is 0 Å². The van der Waals surface area contributed by atoms with Gasteiger partial charge in [-0.15, -0.1) is 0 Å². The molecule has 0 saturated carbocycles. The fourth-order valence-electron chi connectivity index (χ4n) is 1.12. The number of ether oxygens (including phenoxy) is 2. The fraction of sp³-hybridized carbons (Fsp3) is 0.429. The lowest BCUT2D eigenvalue weighted by Gasteiger charge is -2.13. The summed E-state index contributed by atoms with van der Waals surface area (Å²) in [5.41, 5.74) is 0.319. The van der Waals surface area contributed by atoms with Crippen LogP contribution in [0.1, 0.15) is 20.3 Å². The highest BCUT2D eigenvalue weighted by Gasteiger charge is 2.06. The molecule has 0 heterocycles. The Morgan fingerprint density at radius 3 is 2.42 bits per heavy atom. The lowest BCUT2D eigenvalue weighted by molar-refractivity contribution is -0.150. The van der Waals surface area contributed by atoms with Crippen molar-refractivity contribution in [2.24, 2.45) is 0 Å². The van der Waals surface area contributed by atoms with E-state index in [0.717, 1.165) is 0 Å². The van der Waals surface area contributed by atoms with Crippen LogP contribution in [0.3, 0.4) is 0 Å². The molecule has 0 aromatic carbocycles. The molecule has 0 aliphatic carbocycles. The van der Waals surface area contributed by atoms with Crippen LogP contribution >= 0.6 is 0 Å². The first-order valence-corrected chi connectivity index (χ1v) is 6.00. The quantitative estimate of drug-likeness (QED) is 0.363. The molecule has 0 aromatic rings. The number of carbonyl (C=O) groups excluding carboxylic acids is 2. The van der Waals surface area contributed by atoms with Crippen molar-refractivity contribution in [1.82, 2.24) is 4.90 Å². The average Bonchev–Trinajstić information content (AvgIpc) is 2.39. The van der Waals surface area contributed by atoms with Crippen LogP contribution < -0.4 is 0 Å². The lowest BCUT2D eigenvalue weighted by Crippen LogP contribution is -2.18. The molecule has 0 bridgehead atoms. The zero-order valence-electron chi connectivity index (χ0n) is 11.6. The molecule has 106 valence electrons. The van der Waals surface area contributed by atoms with E-state index in [1.807, 2.05) is 19.2 Å². The Labute approximate surface area is 114 Å². The summed E-state index contributed by atoms with van der Waals surface area (Å²) >= 11 is 0. The number of hydrogen-bond donors (Lipinski definition) is 0. The molecular formula is C14H21NO4. The smallest absolute Gasteiger partial charge is 0.333 e. The third kappa shape index (κ3) is 8.65. The molecule has 0 saturated heterocycles. The van der Waals surface area contributed by atoms with Crippen LogP contribution in [0.25, 0.3) is 0 Å². The van der Waals surface area contributed by atoms with Crippen LogP contribution in [0.15, 0.2) is 37.2 Å². The third-order valence-electron chi connectivity index (χ3n) is 2.08. The first-order valence-electron chi connectivity index (χ1n) is 6.00. The van der Waals surface area contributed by atoms with Crippen LogP contribution in [0.2, 0.25) is 0 Å². The van der Waals surface area contributed by atoms with Crippen molar-refractivity contribution in [2.75, 3.05) is 19.8 Å². The minimum absolute atomic E-state index is 0.0392. The maximum absolute atomic E-state index is 11.4. The summed E-state index contributed by atoms with van der Waals surface area (Å²) < 4.78 is 9.70. The van der Waals surface area contributed by atoms with Crippen LogP contribution in [-0.4, -0.2) is 36.6 Å². The third-order valence-corrected chi connectivity index (χ3v) is 2.08. The Kier molecular flexibility index (Phi) is 8.87. The molecular weight excluding hydrogens is 246 g/mol. The lowest BCUT2D eigenvalue weighted by atomic mass is 10.4. The van der Waals surface area contributed by atoms with Gasteiger partial charge in [0.2, 0.25) is 0 Å². The number of rotatable bonds is 9. The van der Waals surface area contributed by atoms with Gasteiger partial charge in [0.1, 0.15) is 13.2 Å². The Hall–Kier alpha value is -2.04. The molecule has 5 heteroatoms. The average molecular weight is 267 g/mol. The molecule has 0 spiro atoms. The van der Waals surface area contributed by atoms with Gasteiger partial charge in [-0.3, -0.25) is 4.79 Å². The topological polar surface area (TPSA) is 55.8 Å². The number of carbonyl (C=O) groups is 2. The summed E-state index contributed by atoms with van der Waals surface area (Å²) in [5.74, 6) is -0.829. The van der Waals surface area contributed by atoms with Crippen molar-refractivity contribution in [3.05, 3.63) is 37.2 Å². The standard InChI is InChI=1S/C14H21NO4/c1-5-8-15(6-2)9-7-13(16)18-10-11-19-14(17)12(3)4/h5-6,8H,2-3,7,9-11H2,1,4H3/b8-5-. The fourth-order valence-corrected chi connectivity index (χ4v) is 1.12. The number of nitrogens with zero attached hydrogens (tertiary/aromatic N) is 1. The van der Waals surface area contributed by atoms with Gasteiger partial charge in [-0.1, -0.05) is 19.2 Å². The Bertz CT molecular complexity index is 360. The molecule has 0 aliphatic heterocycles. The van der Waals surface area contributed by atoms with Gasteiger partial charge in [-0.05, 0) is 26.2 Å². The van der Waals surface area contributed by atoms with E-state index in [1.165, 1.54) is 0 Å². The van der Waals surface area contributed by atoms with E-state index in [2.05, 4.69) is 13.2 Å². The van der Waals surface area contributed by atoms with Crippen molar-refractivity contribution < 1.29 is 19.1 Å². The molecule has 0 unspecified atom stereocenters. The second-order valence-corrected chi connectivity index (χ2v) is 3.79. The minimum Gasteiger partial charge on any atom is -0.462 e. The summed E-state index contributed by atoms with van der Waals surface area (Å²) in [6.07, 6.45) is 5.53. The molecule has 5 nitrogen and oxygen atoms in total. The monoisotopic (exact) mass is 267 g/mol. The van der Waals surface area contributed by atoms with Crippen molar-refractivity contribution in [2.45, 2.75) is 20.3 Å². The van der Waals surface area contributed by atoms with Crippen LogP contribution in [0.5, 0.6) is 0 Å². The van der Waals surface area contributed by atoms with E-state index in [-0.39, 0.29) is 25.6 Å². The van der Waals surface area contributed by atoms with Crippen molar-refractivity contribution >= 4 is 11.9 Å². The number of esters is 2. The number of hydrogen-bond acceptors (Lipinski definition) is 5. The second-order valence-electron chi connectivity index (χ2n) is 3.79. The summed E-state index contributed by atoms with van der Waals surface area (Å²) in [6.45, 7) is 11.1. The maximum atomic E-state index is 11.4. The first kappa shape index (κ1) is 17.0. The van der Waals surface area contributed by atoms with E-state index in [9.17, 15) is 9.59 Å². The largest absolute Gasteiger partial charge is 0.462 e. The molecule has 0 radical (unpaired) electrons. The molecule has 19 heavy (non-hydrogen) atoms. The molecule has 0 amide bonds. The van der Waals surface area contributed by atoms with Gasteiger partial charge in [0, 0.05) is 12.1 Å².